The van der Waals surface area contributed by atoms with Gasteiger partial charge in [-0.1, -0.05) is 70.1 Å². The first-order chi connectivity index (χ1) is 17.7. The molecule has 1 N–H and O–H groups in total. The molecule has 37 heavy (non-hydrogen) atoms. The first-order valence-corrected chi connectivity index (χ1v) is 13.6. The molecule has 2 aromatic heterocycles. The van der Waals surface area contributed by atoms with E-state index in [2.05, 4.69) is 10.2 Å². The molecule has 1 fully saturated rings. The number of anilines is 1. The Kier molecular flexibility index (Phi) is 7.13. The zero-order chi connectivity index (χ0) is 26.3. The van der Waals surface area contributed by atoms with E-state index >= 15 is 0 Å². The van der Waals surface area contributed by atoms with Crippen LogP contribution in [0.4, 0.5) is 5.13 Å². The second-order valence-corrected chi connectivity index (χ2v) is 11.4. The van der Waals surface area contributed by atoms with E-state index in [1.807, 2.05) is 32.0 Å². The molecule has 0 radical (unpaired) electrons. The van der Waals surface area contributed by atoms with Gasteiger partial charge in [0, 0.05) is 21.4 Å². The number of carbonyl (C=O) groups is 2. The van der Waals surface area contributed by atoms with Gasteiger partial charge in [0.25, 0.3) is 5.78 Å². The minimum Gasteiger partial charge on any atom is -0.507 e. The van der Waals surface area contributed by atoms with Gasteiger partial charge in [0.2, 0.25) is 5.13 Å². The average Bonchev–Trinajstić information content (AvgIpc) is 3.60. The monoisotopic (exact) mass is 571 g/mol. The van der Waals surface area contributed by atoms with E-state index < -0.39 is 17.7 Å². The summed E-state index contributed by atoms with van der Waals surface area (Å²) in [5, 5.41) is 21.0. The lowest BCUT2D eigenvalue weighted by Gasteiger charge is -2.20. The van der Waals surface area contributed by atoms with E-state index in [1.54, 1.807) is 30.3 Å². The topological polar surface area (TPSA) is 96.5 Å². The van der Waals surface area contributed by atoms with Crippen molar-refractivity contribution in [3.63, 3.8) is 0 Å². The number of furan rings is 1. The van der Waals surface area contributed by atoms with Gasteiger partial charge in [-0.3, -0.25) is 14.5 Å². The van der Waals surface area contributed by atoms with Crippen LogP contribution in [0.25, 0.3) is 5.76 Å². The number of aryl methyl sites for hydroxylation is 2. The fourth-order valence-electron chi connectivity index (χ4n) is 4.02. The van der Waals surface area contributed by atoms with Crippen LogP contribution in [-0.4, -0.2) is 27.0 Å². The number of carbonyl (C=O) groups excluding carboxylic acids is 2. The molecular weight excluding hydrogens is 553 g/mol. The van der Waals surface area contributed by atoms with Crippen LogP contribution in [0.15, 0.2) is 69.1 Å². The molecule has 0 bridgehead atoms. The van der Waals surface area contributed by atoms with Gasteiger partial charge in [0.05, 0.1) is 11.8 Å². The number of Topliss-reactive ketones (excluding diaryl/α,β-unsaturated/α-hetero) is 1. The van der Waals surface area contributed by atoms with Crippen molar-refractivity contribution in [3.8, 4) is 0 Å². The third-order valence-electron chi connectivity index (χ3n) is 5.87. The van der Waals surface area contributed by atoms with E-state index in [9.17, 15) is 14.7 Å². The van der Waals surface area contributed by atoms with Crippen LogP contribution < -0.4 is 4.90 Å². The van der Waals surface area contributed by atoms with Crippen molar-refractivity contribution >= 4 is 68.9 Å². The molecule has 1 aliphatic heterocycles. The molecule has 1 aliphatic rings. The van der Waals surface area contributed by atoms with Crippen molar-refractivity contribution < 1.29 is 19.1 Å². The number of rotatable bonds is 6. The van der Waals surface area contributed by atoms with E-state index in [-0.39, 0.29) is 16.5 Å². The number of aliphatic hydroxyl groups excluding tert-OH is 1. The van der Waals surface area contributed by atoms with Crippen molar-refractivity contribution in [2.24, 2.45) is 0 Å². The van der Waals surface area contributed by atoms with Gasteiger partial charge in [-0.05, 0) is 55.3 Å². The standard InChI is InChI=1S/C26H19Cl2N3O4S2/c1-13-5-6-14(2)17(10-13)22(32)20-21(19-4-3-9-35-19)31(24(34)23(20)33)25-29-30-26(37-25)36-12-15-7-8-16(27)11-18(15)28/h3-11,21,32H,12H2,1-2H3. The molecule has 2 aromatic carbocycles. The van der Waals surface area contributed by atoms with Crippen molar-refractivity contribution in [3.05, 3.63) is 98.4 Å². The highest BCUT2D eigenvalue weighted by Gasteiger charge is 2.49. The number of halogens is 2. The van der Waals surface area contributed by atoms with Gasteiger partial charge in [-0.15, -0.1) is 10.2 Å². The molecule has 7 nitrogen and oxygen atoms in total. The first kappa shape index (κ1) is 25.5. The number of aromatic nitrogens is 2. The van der Waals surface area contributed by atoms with E-state index in [4.69, 9.17) is 27.6 Å². The smallest absolute Gasteiger partial charge is 0.302 e. The van der Waals surface area contributed by atoms with Crippen LogP contribution in [0.1, 0.15) is 34.1 Å². The Bertz CT molecular complexity index is 1550. The molecule has 11 heteroatoms. The third-order valence-corrected chi connectivity index (χ3v) is 8.57. The zero-order valence-corrected chi connectivity index (χ0v) is 22.7. The highest BCUT2D eigenvalue weighted by molar-refractivity contribution is 8.00. The highest BCUT2D eigenvalue weighted by atomic mass is 35.5. The van der Waals surface area contributed by atoms with Crippen molar-refractivity contribution in [1.29, 1.82) is 0 Å². The molecule has 5 rings (SSSR count). The normalized spacial score (nSPS) is 17.1. The number of hydrogen-bond acceptors (Lipinski definition) is 8. The van der Waals surface area contributed by atoms with E-state index in [1.165, 1.54) is 22.9 Å². The quantitative estimate of drug-likeness (QED) is 0.0876. The van der Waals surface area contributed by atoms with Gasteiger partial charge < -0.3 is 9.52 Å². The summed E-state index contributed by atoms with van der Waals surface area (Å²) in [6.07, 6.45) is 1.45. The minimum absolute atomic E-state index is 0.0639. The molecule has 1 saturated heterocycles. The molecule has 0 spiro atoms. The summed E-state index contributed by atoms with van der Waals surface area (Å²) in [5.41, 5.74) is 2.96. The van der Waals surface area contributed by atoms with Crippen LogP contribution >= 0.6 is 46.3 Å². The van der Waals surface area contributed by atoms with E-state index in [0.717, 1.165) is 28.0 Å². The maximum Gasteiger partial charge on any atom is 0.302 e. The lowest BCUT2D eigenvalue weighted by molar-refractivity contribution is -0.132. The van der Waals surface area contributed by atoms with Crippen LogP contribution in [-0.2, 0) is 15.3 Å². The van der Waals surface area contributed by atoms with Crippen molar-refractivity contribution in [2.75, 3.05) is 4.90 Å². The maximum atomic E-state index is 13.3. The molecule has 4 aromatic rings. The predicted molar refractivity (Wildman–Crippen MR) is 145 cm³/mol. The number of nitrogens with zero attached hydrogens (tertiary/aromatic N) is 3. The molecule has 1 amide bonds. The van der Waals surface area contributed by atoms with Gasteiger partial charge in [-0.25, -0.2) is 0 Å². The molecule has 1 atom stereocenters. The third kappa shape index (κ3) is 4.92. The van der Waals surface area contributed by atoms with E-state index in [0.29, 0.717) is 31.5 Å². The molecule has 0 saturated carbocycles. The average molecular weight is 572 g/mol. The number of ketones is 1. The Balaban J connectivity index is 1.52. The van der Waals surface area contributed by atoms with Crippen LogP contribution in [0.5, 0.6) is 0 Å². The van der Waals surface area contributed by atoms with Gasteiger partial charge in [0.15, 0.2) is 4.34 Å². The summed E-state index contributed by atoms with van der Waals surface area (Å²) in [6, 6.07) is 13.1. The fraction of sp³-hybridized carbons (Fsp3) is 0.154. The number of benzene rings is 2. The summed E-state index contributed by atoms with van der Waals surface area (Å²) in [4.78, 5) is 27.8. The van der Waals surface area contributed by atoms with Crippen LogP contribution in [0.3, 0.4) is 0 Å². The molecular formula is C26H19Cl2N3O4S2. The Morgan fingerprint density at radius 2 is 1.95 bits per heavy atom. The highest BCUT2D eigenvalue weighted by Crippen LogP contribution is 2.44. The van der Waals surface area contributed by atoms with Crippen LogP contribution in [0, 0.1) is 13.8 Å². The Labute approximate surface area is 230 Å². The number of amides is 1. The predicted octanol–water partition coefficient (Wildman–Crippen LogP) is 6.97. The van der Waals surface area contributed by atoms with Crippen LogP contribution in [0.2, 0.25) is 10.0 Å². The molecule has 188 valence electrons. The zero-order valence-electron chi connectivity index (χ0n) is 19.6. The van der Waals surface area contributed by atoms with Gasteiger partial charge in [-0.2, -0.15) is 0 Å². The Morgan fingerprint density at radius 3 is 2.68 bits per heavy atom. The number of thioether (sulfide) groups is 1. The number of aliphatic hydroxyl groups is 1. The molecule has 1 unspecified atom stereocenters. The van der Waals surface area contributed by atoms with Gasteiger partial charge in [0.1, 0.15) is 17.6 Å². The largest absolute Gasteiger partial charge is 0.507 e. The lowest BCUT2D eigenvalue weighted by atomic mass is 9.96. The molecule has 0 aliphatic carbocycles. The van der Waals surface area contributed by atoms with Crippen molar-refractivity contribution in [2.45, 2.75) is 30.0 Å². The summed E-state index contributed by atoms with van der Waals surface area (Å²) in [7, 11) is 0. The first-order valence-electron chi connectivity index (χ1n) is 11.1. The Hall–Kier alpha value is -3.11. The van der Waals surface area contributed by atoms with Gasteiger partial charge >= 0.3 is 5.91 Å². The maximum absolute atomic E-state index is 13.3. The summed E-state index contributed by atoms with van der Waals surface area (Å²) in [5.74, 6) is -1.07. The SMILES string of the molecule is Cc1ccc(C)c(C(O)=C2C(=O)C(=O)N(c3nnc(SCc4ccc(Cl)cc4Cl)s3)C2c2ccco2)c1. The fourth-order valence-corrected chi connectivity index (χ4v) is 6.44. The summed E-state index contributed by atoms with van der Waals surface area (Å²) in [6.45, 7) is 3.71. The summed E-state index contributed by atoms with van der Waals surface area (Å²) < 4.78 is 6.18. The minimum atomic E-state index is -0.994. The second-order valence-electron chi connectivity index (χ2n) is 8.38. The summed E-state index contributed by atoms with van der Waals surface area (Å²) >= 11 is 14.8. The molecule has 3 heterocycles. The Morgan fingerprint density at radius 1 is 1.14 bits per heavy atom. The number of hydrogen-bond donors (Lipinski definition) is 1. The van der Waals surface area contributed by atoms with Crippen molar-refractivity contribution in [1.82, 2.24) is 10.2 Å². The lowest BCUT2D eigenvalue weighted by Crippen LogP contribution is -2.29. The second kappa shape index (κ2) is 10.3.